The predicted molar refractivity (Wildman–Crippen MR) is 117 cm³/mol. The van der Waals surface area contributed by atoms with Gasteiger partial charge in [0.25, 0.3) is 11.8 Å². The van der Waals surface area contributed by atoms with E-state index in [0.717, 1.165) is 37.1 Å². The highest BCUT2D eigenvalue weighted by atomic mass is 16.2. The summed E-state index contributed by atoms with van der Waals surface area (Å²) in [6.07, 6.45) is 2.01. The van der Waals surface area contributed by atoms with E-state index in [1.54, 1.807) is 24.3 Å². The first-order chi connectivity index (χ1) is 14.4. The Morgan fingerprint density at radius 1 is 0.933 bits per heavy atom. The van der Waals surface area contributed by atoms with Gasteiger partial charge in [0.15, 0.2) is 0 Å². The number of carbonyl (C=O) groups is 3. The number of carbonyl (C=O) groups excluding carboxylic acids is 3. The average molecular weight is 403 g/mol. The van der Waals surface area contributed by atoms with Gasteiger partial charge < -0.3 is 10.2 Å². The number of amides is 3. The van der Waals surface area contributed by atoms with Crippen LogP contribution in [-0.4, -0.2) is 35.7 Å². The highest BCUT2D eigenvalue weighted by Crippen LogP contribution is 2.37. The molecule has 154 valence electrons. The average Bonchev–Trinajstić information content (AvgIpc) is 3.29. The number of hydrogen-bond donors (Lipinski definition) is 1. The molecule has 3 amide bonds. The van der Waals surface area contributed by atoms with Gasteiger partial charge in [-0.3, -0.25) is 14.4 Å². The third-order valence-electron chi connectivity index (χ3n) is 5.57. The summed E-state index contributed by atoms with van der Waals surface area (Å²) in [5, 5.41) is 2.73. The van der Waals surface area contributed by atoms with Gasteiger partial charge in [0.2, 0.25) is 5.91 Å². The molecule has 4 rings (SSSR count). The Morgan fingerprint density at radius 3 is 2.20 bits per heavy atom. The maximum atomic E-state index is 13.5. The SMILES string of the molecule is CC(=O)Nc1ccc(C2=C(N3CCCC3)C(=O)N(c3ccc(C)cc3C)C2=O)cc1. The summed E-state index contributed by atoms with van der Waals surface area (Å²) in [5.41, 5.74) is 4.82. The number of hydrogen-bond acceptors (Lipinski definition) is 4. The molecule has 2 aromatic carbocycles. The van der Waals surface area contributed by atoms with Crippen molar-refractivity contribution in [3.8, 4) is 0 Å². The van der Waals surface area contributed by atoms with Crippen LogP contribution in [0, 0.1) is 13.8 Å². The van der Waals surface area contributed by atoms with Crippen molar-refractivity contribution in [2.24, 2.45) is 0 Å². The third-order valence-corrected chi connectivity index (χ3v) is 5.57. The van der Waals surface area contributed by atoms with E-state index in [0.29, 0.717) is 28.2 Å². The molecule has 2 aromatic rings. The topological polar surface area (TPSA) is 69.7 Å². The number of imide groups is 1. The number of rotatable bonds is 4. The van der Waals surface area contributed by atoms with Crippen molar-refractivity contribution in [2.45, 2.75) is 33.6 Å². The lowest BCUT2D eigenvalue weighted by molar-refractivity contribution is -0.120. The molecular weight excluding hydrogens is 378 g/mol. The zero-order valence-corrected chi connectivity index (χ0v) is 17.5. The van der Waals surface area contributed by atoms with Gasteiger partial charge in [0, 0.05) is 25.7 Å². The summed E-state index contributed by atoms with van der Waals surface area (Å²) in [5.74, 6) is -0.733. The van der Waals surface area contributed by atoms with E-state index >= 15 is 0 Å². The van der Waals surface area contributed by atoms with Crippen molar-refractivity contribution < 1.29 is 14.4 Å². The fourth-order valence-corrected chi connectivity index (χ4v) is 4.21. The van der Waals surface area contributed by atoms with E-state index in [4.69, 9.17) is 0 Å². The molecule has 30 heavy (non-hydrogen) atoms. The van der Waals surface area contributed by atoms with E-state index in [1.807, 2.05) is 36.9 Å². The molecule has 6 heteroatoms. The fraction of sp³-hybridized carbons (Fsp3) is 0.292. The Morgan fingerprint density at radius 2 is 1.60 bits per heavy atom. The normalized spacial score (nSPS) is 16.6. The molecule has 1 fully saturated rings. The Labute approximate surface area is 176 Å². The Hall–Kier alpha value is -3.41. The summed E-state index contributed by atoms with van der Waals surface area (Å²) >= 11 is 0. The molecule has 2 heterocycles. The van der Waals surface area contributed by atoms with Crippen molar-refractivity contribution in [1.29, 1.82) is 0 Å². The van der Waals surface area contributed by atoms with Gasteiger partial charge in [0.1, 0.15) is 5.70 Å². The Bertz CT molecular complexity index is 1060. The highest BCUT2D eigenvalue weighted by Gasteiger charge is 2.43. The number of likely N-dealkylation sites (tertiary alicyclic amines) is 1. The molecule has 0 aromatic heterocycles. The molecule has 2 aliphatic rings. The maximum absolute atomic E-state index is 13.5. The Balaban J connectivity index is 1.79. The quantitative estimate of drug-likeness (QED) is 0.792. The Kier molecular flexibility index (Phi) is 5.16. The van der Waals surface area contributed by atoms with Crippen LogP contribution in [0.3, 0.4) is 0 Å². The number of nitrogens with one attached hydrogen (secondary N) is 1. The summed E-state index contributed by atoms with van der Waals surface area (Å²) in [6, 6.07) is 12.8. The zero-order valence-electron chi connectivity index (χ0n) is 17.5. The zero-order chi connectivity index (χ0) is 21.4. The summed E-state index contributed by atoms with van der Waals surface area (Å²) < 4.78 is 0. The molecule has 2 aliphatic heterocycles. The second kappa shape index (κ2) is 7.78. The van der Waals surface area contributed by atoms with E-state index in [9.17, 15) is 14.4 Å². The van der Waals surface area contributed by atoms with E-state index in [1.165, 1.54) is 11.8 Å². The van der Waals surface area contributed by atoms with Gasteiger partial charge in [-0.15, -0.1) is 0 Å². The minimum atomic E-state index is -0.305. The van der Waals surface area contributed by atoms with Crippen LogP contribution in [0.25, 0.3) is 5.57 Å². The van der Waals surface area contributed by atoms with Crippen LogP contribution < -0.4 is 10.2 Å². The molecule has 0 atom stereocenters. The summed E-state index contributed by atoms with van der Waals surface area (Å²) in [6.45, 7) is 6.88. The number of benzene rings is 2. The van der Waals surface area contributed by atoms with Crippen molar-refractivity contribution >= 4 is 34.7 Å². The molecule has 0 bridgehead atoms. The molecule has 1 N–H and O–H groups in total. The largest absolute Gasteiger partial charge is 0.366 e. The first kappa shape index (κ1) is 19.9. The van der Waals surface area contributed by atoms with Gasteiger partial charge in [-0.05, 0) is 56.0 Å². The molecule has 1 saturated heterocycles. The van der Waals surface area contributed by atoms with Crippen LogP contribution in [0.4, 0.5) is 11.4 Å². The standard InChI is InChI=1S/C24H25N3O3/c1-15-6-11-20(16(2)14-15)27-23(29)21(22(24(27)30)26-12-4-5-13-26)18-7-9-19(10-8-18)25-17(3)28/h6-11,14H,4-5,12-13H2,1-3H3,(H,25,28). The molecule has 6 nitrogen and oxygen atoms in total. The van der Waals surface area contributed by atoms with Crippen molar-refractivity contribution in [3.05, 3.63) is 64.9 Å². The van der Waals surface area contributed by atoms with Crippen LogP contribution in [-0.2, 0) is 14.4 Å². The lowest BCUT2D eigenvalue weighted by atomic mass is 10.0. The molecule has 0 spiro atoms. The van der Waals surface area contributed by atoms with Gasteiger partial charge in [-0.2, -0.15) is 0 Å². The van der Waals surface area contributed by atoms with Gasteiger partial charge in [0.05, 0.1) is 11.3 Å². The molecular formula is C24H25N3O3. The monoisotopic (exact) mass is 403 g/mol. The first-order valence-corrected chi connectivity index (χ1v) is 10.2. The third kappa shape index (κ3) is 3.49. The summed E-state index contributed by atoms with van der Waals surface area (Å²) in [4.78, 5) is 41.7. The maximum Gasteiger partial charge on any atom is 0.282 e. The number of anilines is 2. The van der Waals surface area contributed by atoms with E-state index in [2.05, 4.69) is 5.32 Å². The van der Waals surface area contributed by atoms with Crippen LogP contribution in [0.2, 0.25) is 0 Å². The minimum absolute atomic E-state index is 0.159. The van der Waals surface area contributed by atoms with Crippen LogP contribution in [0.1, 0.15) is 36.5 Å². The molecule has 0 saturated carbocycles. The van der Waals surface area contributed by atoms with Crippen molar-refractivity contribution in [1.82, 2.24) is 4.90 Å². The molecule has 0 aliphatic carbocycles. The smallest absolute Gasteiger partial charge is 0.282 e. The number of aryl methyl sites for hydroxylation is 2. The van der Waals surface area contributed by atoms with E-state index in [-0.39, 0.29) is 17.7 Å². The van der Waals surface area contributed by atoms with Crippen LogP contribution in [0.15, 0.2) is 48.2 Å². The van der Waals surface area contributed by atoms with Crippen molar-refractivity contribution in [2.75, 3.05) is 23.3 Å². The summed E-state index contributed by atoms with van der Waals surface area (Å²) in [7, 11) is 0. The number of nitrogens with zero attached hydrogens (tertiary/aromatic N) is 2. The molecule has 0 radical (unpaired) electrons. The first-order valence-electron chi connectivity index (χ1n) is 10.2. The van der Waals surface area contributed by atoms with Crippen LogP contribution in [0.5, 0.6) is 0 Å². The molecule has 0 unspecified atom stereocenters. The van der Waals surface area contributed by atoms with Crippen LogP contribution >= 0.6 is 0 Å². The lowest BCUT2D eigenvalue weighted by Crippen LogP contribution is -2.35. The van der Waals surface area contributed by atoms with Gasteiger partial charge in [-0.25, -0.2) is 4.90 Å². The predicted octanol–water partition coefficient (Wildman–Crippen LogP) is 3.64. The van der Waals surface area contributed by atoms with Gasteiger partial charge in [-0.1, -0.05) is 29.8 Å². The minimum Gasteiger partial charge on any atom is -0.366 e. The fourth-order valence-electron chi connectivity index (χ4n) is 4.21. The van der Waals surface area contributed by atoms with E-state index < -0.39 is 0 Å². The van der Waals surface area contributed by atoms with Crippen molar-refractivity contribution in [3.63, 3.8) is 0 Å². The second-order valence-corrected chi connectivity index (χ2v) is 7.91. The lowest BCUT2D eigenvalue weighted by Gasteiger charge is -2.21. The second-order valence-electron chi connectivity index (χ2n) is 7.91. The highest BCUT2D eigenvalue weighted by molar-refractivity contribution is 6.45. The van der Waals surface area contributed by atoms with Gasteiger partial charge >= 0.3 is 0 Å².